The fraction of sp³-hybridized carbons (Fsp3) is 0.150. The summed E-state index contributed by atoms with van der Waals surface area (Å²) in [5, 5.41) is 3.52. The van der Waals surface area contributed by atoms with Crippen molar-refractivity contribution in [3.05, 3.63) is 70.9 Å². The van der Waals surface area contributed by atoms with Gasteiger partial charge >= 0.3 is 0 Å². The fourth-order valence-corrected chi connectivity index (χ4v) is 2.88. The molecule has 6 heteroatoms. The normalized spacial score (nSPS) is 12.7. The maximum atomic E-state index is 12.5. The number of carbonyl (C=O) groups excluding carboxylic acids is 1. The van der Waals surface area contributed by atoms with E-state index >= 15 is 0 Å². The van der Waals surface area contributed by atoms with Crippen LogP contribution in [0.3, 0.4) is 0 Å². The zero-order valence-corrected chi connectivity index (χ0v) is 14.6. The Morgan fingerprint density at radius 3 is 2.65 bits per heavy atom. The van der Waals surface area contributed by atoms with Crippen LogP contribution < -0.4 is 14.8 Å². The van der Waals surface area contributed by atoms with Gasteiger partial charge < -0.3 is 19.2 Å². The number of benzene rings is 2. The van der Waals surface area contributed by atoms with Crippen LogP contribution in [-0.2, 0) is 6.54 Å². The van der Waals surface area contributed by atoms with Gasteiger partial charge in [0.2, 0.25) is 0 Å². The minimum atomic E-state index is -0.239. The lowest BCUT2D eigenvalue weighted by Crippen LogP contribution is -2.25. The van der Waals surface area contributed by atoms with E-state index in [1.54, 1.807) is 18.2 Å². The van der Waals surface area contributed by atoms with Crippen LogP contribution >= 0.6 is 11.6 Å². The largest absolute Gasteiger partial charge is 0.486 e. The molecular weight excluding hydrogens is 354 g/mol. The Kier molecular flexibility index (Phi) is 4.54. The van der Waals surface area contributed by atoms with Crippen LogP contribution in [0.1, 0.15) is 16.1 Å². The number of ether oxygens (including phenoxy) is 2. The molecule has 0 unspecified atom stereocenters. The molecule has 0 bridgehead atoms. The van der Waals surface area contributed by atoms with Crippen LogP contribution in [0.15, 0.2) is 59.0 Å². The molecular formula is C20H16ClNO4. The Morgan fingerprint density at radius 2 is 1.81 bits per heavy atom. The summed E-state index contributed by atoms with van der Waals surface area (Å²) in [4.78, 5) is 12.5. The Hall–Kier alpha value is -2.92. The Bertz CT molecular complexity index is 933. The molecule has 4 rings (SSSR count). The van der Waals surface area contributed by atoms with Gasteiger partial charge in [-0.1, -0.05) is 17.7 Å². The third-order valence-electron chi connectivity index (χ3n) is 4.02. The average molecular weight is 370 g/mol. The van der Waals surface area contributed by atoms with Gasteiger partial charge in [0.1, 0.15) is 24.7 Å². The molecule has 0 radical (unpaired) electrons. The van der Waals surface area contributed by atoms with Gasteiger partial charge in [-0.15, -0.1) is 0 Å². The maximum absolute atomic E-state index is 12.5. The smallest absolute Gasteiger partial charge is 0.255 e. The number of hydrogen-bond acceptors (Lipinski definition) is 4. The highest BCUT2D eigenvalue weighted by Crippen LogP contribution is 2.33. The van der Waals surface area contributed by atoms with E-state index in [0.29, 0.717) is 41.1 Å². The summed E-state index contributed by atoms with van der Waals surface area (Å²) in [6.07, 6.45) is 0. The number of hydrogen-bond donors (Lipinski definition) is 1. The molecule has 1 N–H and O–H groups in total. The lowest BCUT2D eigenvalue weighted by atomic mass is 10.1. The molecule has 0 aliphatic carbocycles. The van der Waals surface area contributed by atoms with Gasteiger partial charge in [-0.25, -0.2) is 0 Å². The highest BCUT2D eigenvalue weighted by atomic mass is 35.5. The van der Waals surface area contributed by atoms with E-state index in [1.165, 1.54) is 0 Å². The maximum Gasteiger partial charge on any atom is 0.255 e. The van der Waals surface area contributed by atoms with Crippen molar-refractivity contribution >= 4 is 17.5 Å². The van der Waals surface area contributed by atoms with E-state index in [1.807, 2.05) is 36.4 Å². The molecule has 0 saturated heterocycles. The molecule has 0 atom stereocenters. The first kappa shape index (κ1) is 16.5. The van der Waals surface area contributed by atoms with Gasteiger partial charge in [-0.2, -0.15) is 0 Å². The molecule has 2 aromatic carbocycles. The molecule has 0 saturated carbocycles. The molecule has 1 amide bonds. The number of fused-ring (bicyclic) bond motifs is 1. The molecule has 0 spiro atoms. The van der Waals surface area contributed by atoms with Crippen LogP contribution in [0.4, 0.5) is 0 Å². The van der Waals surface area contributed by atoms with E-state index in [-0.39, 0.29) is 12.5 Å². The van der Waals surface area contributed by atoms with Crippen molar-refractivity contribution in [1.29, 1.82) is 0 Å². The molecule has 1 aliphatic rings. The number of furan rings is 1. The fourth-order valence-electron chi connectivity index (χ4n) is 2.76. The molecule has 3 aromatic rings. The van der Waals surface area contributed by atoms with Crippen molar-refractivity contribution in [1.82, 2.24) is 5.32 Å². The standard InChI is InChI=1S/C20H16ClNO4/c21-14-6-4-13(5-7-14)17-9-8-15(26-17)12-22-20(23)16-2-1-3-18-19(16)25-11-10-24-18/h1-9H,10-12H2,(H,22,23). The lowest BCUT2D eigenvalue weighted by Gasteiger charge is -2.20. The summed E-state index contributed by atoms with van der Waals surface area (Å²) in [6, 6.07) is 16.4. The van der Waals surface area contributed by atoms with Gasteiger partial charge in [-0.05, 0) is 48.5 Å². The summed E-state index contributed by atoms with van der Waals surface area (Å²) in [7, 11) is 0. The number of nitrogens with one attached hydrogen (secondary N) is 1. The van der Waals surface area contributed by atoms with Crippen LogP contribution in [-0.4, -0.2) is 19.1 Å². The van der Waals surface area contributed by atoms with Crippen molar-refractivity contribution in [3.8, 4) is 22.8 Å². The van der Waals surface area contributed by atoms with Gasteiger partial charge in [0.25, 0.3) is 5.91 Å². The van der Waals surface area contributed by atoms with E-state index < -0.39 is 0 Å². The van der Waals surface area contributed by atoms with Crippen molar-refractivity contribution in [2.24, 2.45) is 0 Å². The minimum Gasteiger partial charge on any atom is -0.486 e. The third-order valence-corrected chi connectivity index (χ3v) is 4.28. The zero-order valence-electron chi connectivity index (χ0n) is 13.8. The van der Waals surface area contributed by atoms with Crippen LogP contribution in [0.5, 0.6) is 11.5 Å². The second-order valence-electron chi connectivity index (χ2n) is 5.79. The summed E-state index contributed by atoms with van der Waals surface area (Å²) in [5.74, 6) is 2.21. The van der Waals surface area contributed by atoms with Gasteiger partial charge in [-0.3, -0.25) is 4.79 Å². The highest BCUT2D eigenvalue weighted by molar-refractivity contribution is 6.30. The average Bonchev–Trinajstić information content (AvgIpc) is 3.15. The summed E-state index contributed by atoms with van der Waals surface area (Å²) < 4.78 is 16.9. The van der Waals surface area contributed by atoms with E-state index in [2.05, 4.69) is 5.32 Å². The first-order chi connectivity index (χ1) is 12.7. The van der Waals surface area contributed by atoms with Crippen LogP contribution in [0.2, 0.25) is 5.02 Å². The number of amides is 1. The predicted molar refractivity (Wildman–Crippen MR) is 97.8 cm³/mol. The van der Waals surface area contributed by atoms with Gasteiger partial charge in [0.15, 0.2) is 11.5 Å². The molecule has 2 heterocycles. The van der Waals surface area contributed by atoms with E-state index in [4.69, 9.17) is 25.5 Å². The summed E-state index contributed by atoms with van der Waals surface area (Å²) in [6.45, 7) is 1.19. The van der Waals surface area contributed by atoms with E-state index in [0.717, 1.165) is 11.3 Å². The van der Waals surface area contributed by atoms with Gasteiger partial charge in [0.05, 0.1) is 12.1 Å². The summed E-state index contributed by atoms with van der Waals surface area (Å²) in [5.41, 5.74) is 1.38. The third kappa shape index (κ3) is 3.39. The van der Waals surface area contributed by atoms with Crippen molar-refractivity contribution in [2.75, 3.05) is 13.2 Å². The quantitative estimate of drug-likeness (QED) is 0.744. The van der Waals surface area contributed by atoms with Crippen LogP contribution in [0, 0.1) is 0 Å². The van der Waals surface area contributed by atoms with Crippen LogP contribution in [0.25, 0.3) is 11.3 Å². The number of rotatable bonds is 4. The number of para-hydroxylation sites is 1. The van der Waals surface area contributed by atoms with Crippen molar-refractivity contribution < 1.29 is 18.7 Å². The molecule has 26 heavy (non-hydrogen) atoms. The van der Waals surface area contributed by atoms with Crippen molar-refractivity contribution in [3.63, 3.8) is 0 Å². The SMILES string of the molecule is O=C(NCc1ccc(-c2ccc(Cl)cc2)o1)c1cccc2c1OCCO2. The van der Waals surface area contributed by atoms with Gasteiger partial charge in [0, 0.05) is 10.6 Å². The summed E-state index contributed by atoms with van der Waals surface area (Å²) >= 11 is 5.90. The van der Waals surface area contributed by atoms with Crippen molar-refractivity contribution in [2.45, 2.75) is 6.54 Å². The number of carbonyl (C=O) groups is 1. The minimum absolute atomic E-state index is 0.239. The highest BCUT2D eigenvalue weighted by Gasteiger charge is 2.20. The second kappa shape index (κ2) is 7.14. The monoisotopic (exact) mass is 369 g/mol. The predicted octanol–water partition coefficient (Wildman–Crippen LogP) is 4.30. The Labute approximate surface area is 155 Å². The number of halogens is 1. The lowest BCUT2D eigenvalue weighted by molar-refractivity contribution is 0.0937. The Morgan fingerprint density at radius 1 is 1.00 bits per heavy atom. The molecule has 132 valence electrons. The van der Waals surface area contributed by atoms with E-state index in [9.17, 15) is 4.79 Å². The molecule has 1 aliphatic heterocycles. The molecule has 1 aromatic heterocycles. The first-order valence-corrected chi connectivity index (χ1v) is 8.60. The first-order valence-electron chi connectivity index (χ1n) is 8.22. The molecule has 0 fully saturated rings. The second-order valence-corrected chi connectivity index (χ2v) is 6.22. The Balaban J connectivity index is 1.45. The zero-order chi connectivity index (χ0) is 17.9. The topological polar surface area (TPSA) is 60.7 Å². The molecule has 5 nitrogen and oxygen atoms in total.